The highest BCUT2D eigenvalue weighted by Crippen LogP contribution is 2.28. The molecule has 188 valence electrons. The third-order valence-corrected chi connectivity index (χ3v) is 6.36. The molecule has 7 nitrogen and oxygen atoms in total. The predicted molar refractivity (Wildman–Crippen MR) is 136 cm³/mol. The van der Waals surface area contributed by atoms with Gasteiger partial charge in [-0.3, -0.25) is 14.5 Å². The minimum atomic E-state index is -0.592. The summed E-state index contributed by atoms with van der Waals surface area (Å²) < 4.78 is 24.7. The summed E-state index contributed by atoms with van der Waals surface area (Å²) in [7, 11) is 3.23. The summed E-state index contributed by atoms with van der Waals surface area (Å²) in [5.41, 5.74) is 2.83. The van der Waals surface area contributed by atoms with Crippen molar-refractivity contribution in [3.63, 3.8) is 0 Å². The molecule has 1 aliphatic heterocycles. The molecule has 4 rings (SSSR count). The van der Waals surface area contributed by atoms with E-state index in [0.717, 1.165) is 30.8 Å². The van der Waals surface area contributed by atoms with Crippen molar-refractivity contribution in [1.29, 1.82) is 0 Å². The van der Waals surface area contributed by atoms with Crippen LogP contribution in [0.25, 0.3) is 0 Å². The number of amides is 2. The number of halogens is 1. The molecule has 0 bridgehead atoms. The minimum Gasteiger partial charge on any atom is -0.493 e. The number of nitrogens with one attached hydrogen (secondary N) is 1. The topological polar surface area (TPSA) is 71.1 Å². The predicted octanol–water partition coefficient (Wildman–Crippen LogP) is 4.36. The number of hydrogen-bond acceptors (Lipinski definition) is 5. The van der Waals surface area contributed by atoms with E-state index in [-0.39, 0.29) is 11.5 Å². The molecule has 1 saturated heterocycles. The monoisotopic (exact) mass is 491 g/mol. The van der Waals surface area contributed by atoms with E-state index in [4.69, 9.17) is 9.47 Å². The van der Waals surface area contributed by atoms with E-state index in [0.29, 0.717) is 35.8 Å². The first-order valence-corrected chi connectivity index (χ1v) is 11.8. The maximum atomic E-state index is 14.0. The Hall–Kier alpha value is -3.91. The van der Waals surface area contributed by atoms with Crippen LogP contribution in [0.5, 0.6) is 11.5 Å². The number of ether oxygens (including phenoxy) is 2. The van der Waals surface area contributed by atoms with Crippen LogP contribution < -0.4 is 14.8 Å². The molecule has 0 unspecified atom stereocenters. The average Bonchev–Trinajstić information content (AvgIpc) is 2.90. The van der Waals surface area contributed by atoms with Crippen LogP contribution in [0.2, 0.25) is 0 Å². The molecule has 1 aliphatic rings. The first-order valence-electron chi connectivity index (χ1n) is 11.8. The van der Waals surface area contributed by atoms with E-state index < -0.39 is 11.7 Å². The summed E-state index contributed by atoms with van der Waals surface area (Å²) in [6, 6.07) is 16.9. The van der Waals surface area contributed by atoms with Gasteiger partial charge in [-0.05, 0) is 54.4 Å². The van der Waals surface area contributed by atoms with Crippen LogP contribution in [0, 0.1) is 12.7 Å². The Morgan fingerprint density at radius 1 is 0.917 bits per heavy atom. The van der Waals surface area contributed by atoms with E-state index in [1.54, 1.807) is 38.5 Å². The van der Waals surface area contributed by atoms with Gasteiger partial charge in [0, 0.05) is 44.0 Å². The lowest BCUT2D eigenvalue weighted by Crippen LogP contribution is -2.48. The lowest BCUT2D eigenvalue weighted by atomic mass is 10.1. The molecule has 1 fully saturated rings. The summed E-state index contributed by atoms with van der Waals surface area (Å²) in [5.74, 6) is 0.151. The molecule has 3 aromatic carbocycles. The third kappa shape index (κ3) is 5.66. The number of hydrogen-bond donors (Lipinski definition) is 1. The summed E-state index contributed by atoms with van der Waals surface area (Å²) in [6.07, 6.45) is 0. The largest absolute Gasteiger partial charge is 0.493 e. The normalized spacial score (nSPS) is 13.8. The molecule has 0 saturated carbocycles. The number of piperazine rings is 1. The number of methoxy groups -OCH3 is 2. The van der Waals surface area contributed by atoms with Crippen molar-refractivity contribution in [2.24, 2.45) is 0 Å². The van der Waals surface area contributed by atoms with Crippen LogP contribution in [0.1, 0.15) is 31.8 Å². The van der Waals surface area contributed by atoms with Crippen molar-refractivity contribution < 1.29 is 23.5 Å². The van der Waals surface area contributed by atoms with Gasteiger partial charge in [-0.1, -0.05) is 24.3 Å². The molecular formula is C28H30FN3O4. The van der Waals surface area contributed by atoms with Crippen LogP contribution in [-0.4, -0.2) is 62.0 Å². The van der Waals surface area contributed by atoms with Crippen molar-refractivity contribution in [1.82, 2.24) is 9.80 Å². The summed E-state index contributed by atoms with van der Waals surface area (Å²) >= 11 is 0. The standard InChI is InChI=1S/C28H30FN3O4/c1-19-8-10-21(17-24(19)30-27(33)22-6-4-5-7-23(22)29)28(34)32-14-12-31(13-15-32)18-20-9-11-25(35-2)26(16-20)36-3/h4-11,16-17H,12-15,18H2,1-3H3,(H,30,33). The van der Waals surface area contributed by atoms with Gasteiger partial charge in [-0.2, -0.15) is 0 Å². The Kier molecular flexibility index (Phi) is 7.85. The molecule has 1 N–H and O–H groups in total. The molecule has 0 aromatic heterocycles. The lowest BCUT2D eigenvalue weighted by Gasteiger charge is -2.35. The zero-order valence-corrected chi connectivity index (χ0v) is 20.7. The van der Waals surface area contributed by atoms with Crippen LogP contribution >= 0.6 is 0 Å². The van der Waals surface area contributed by atoms with Crippen molar-refractivity contribution in [2.45, 2.75) is 13.5 Å². The number of nitrogens with zero attached hydrogens (tertiary/aromatic N) is 2. The zero-order valence-electron chi connectivity index (χ0n) is 20.7. The van der Waals surface area contributed by atoms with Crippen LogP contribution in [0.15, 0.2) is 60.7 Å². The fraction of sp³-hybridized carbons (Fsp3) is 0.286. The zero-order chi connectivity index (χ0) is 25.7. The Bertz CT molecular complexity index is 1260. The maximum absolute atomic E-state index is 14.0. The maximum Gasteiger partial charge on any atom is 0.258 e. The second-order valence-electron chi connectivity index (χ2n) is 8.72. The summed E-state index contributed by atoms with van der Waals surface area (Å²) in [6.45, 7) is 5.25. The second kappa shape index (κ2) is 11.2. The molecule has 0 spiro atoms. The number of aryl methyl sites for hydroxylation is 1. The molecule has 2 amide bonds. The Labute approximate surface area is 210 Å². The molecule has 8 heteroatoms. The van der Waals surface area contributed by atoms with E-state index >= 15 is 0 Å². The van der Waals surface area contributed by atoms with Crippen molar-refractivity contribution >= 4 is 17.5 Å². The highest BCUT2D eigenvalue weighted by molar-refractivity contribution is 6.05. The number of anilines is 1. The lowest BCUT2D eigenvalue weighted by molar-refractivity contribution is 0.0628. The van der Waals surface area contributed by atoms with Crippen LogP contribution in [-0.2, 0) is 6.54 Å². The minimum absolute atomic E-state index is 0.0424. The average molecular weight is 492 g/mol. The van der Waals surface area contributed by atoms with Gasteiger partial charge in [0.1, 0.15) is 5.82 Å². The van der Waals surface area contributed by atoms with E-state index in [1.165, 1.54) is 18.2 Å². The van der Waals surface area contributed by atoms with Crippen molar-refractivity contribution in [2.75, 3.05) is 45.7 Å². The van der Waals surface area contributed by atoms with Crippen LogP contribution in [0.4, 0.5) is 10.1 Å². The van der Waals surface area contributed by atoms with Gasteiger partial charge in [-0.15, -0.1) is 0 Å². The molecule has 1 heterocycles. The highest BCUT2D eigenvalue weighted by Gasteiger charge is 2.23. The van der Waals surface area contributed by atoms with E-state index in [9.17, 15) is 14.0 Å². The molecule has 3 aromatic rings. The Balaban J connectivity index is 1.38. The van der Waals surface area contributed by atoms with E-state index in [2.05, 4.69) is 10.2 Å². The van der Waals surface area contributed by atoms with Gasteiger partial charge >= 0.3 is 0 Å². The quantitative estimate of drug-likeness (QED) is 0.532. The first-order chi connectivity index (χ1) is 17.4. The molecule has 0 radical (unpaired) electrons. The molecule has 0 atom stereocenters. The molecule has 0 aliphatic carbocycles. The van der Waals surface area contributed by atoms with Gasteiger partial charge in [0.15, 0.2) is 11.5 Å². The fourth-order valence-electron chi connectivity index (χ4n) is 4.25. The SMILES string of the molecule is COc1ccc(CN2CCN(C(=O)c3ccc(C)c(NC(=O)c4ccccc4F)c3)CC2)cc1OC. The van der Waals surface area contributed by atoms with Crippen molar-refractivity contribution in [3.8, 4) is 11.5 Å². The van der Waals surface area contributed by atoms with Gasteiger partial charge in [0.2, 0.25) is 0 Å². The van der Waals surface area contributed by atoms with Crippen LogP contribution in [0.3, 0.4) is 0 Å². The summed E-state index contributed by atoms with van der Waals surface area (Å²) in [4.78, 5) is 29.9. The first kappa shape index (κ1) is 25.2. The number of benzene rings is 3. The number of carbonyl (C=O) groups excluding carboxylic acids is 2. The van der Waals surface area contributed by atoms with Gasteiger partial charge < -0.3 is 19.7 Å². The number of rotatable bonds is 7. The smallest absolute Gasteiger partial charge is 0.258 e. The third-order valence-electron chi connectivity index (χ3n) is 6.36. The van der Waals surface area contributed by atoms with Gasteiger partial charge in [0.05, 0.1) is 19.8 Å². The van der Waals surface area contributed by atoms with Gasteiger partial charge in [-0.25, -0.2) is 4.39 Å². The number of carbonyl (C=O) groups is 2. The Morgan fingerprint density at radius 2 is 1.64 bits per heavy atom. The highest BCUT2D eigenvalue weighted by atomic mass is 19.1. The van der Waals surface area contributed by atoms with Gasteiger partial charge in [0.25, 0.3) is 11.8 Å². The van der Waals surface area contributed by atoms with Crippen molar-refractivity contribution in [3.05, 3.63) is 88.7 Å². The second-order valence-corrected chi connectivity index (χ2v) is 8.72. The molecule has 36 heavy (non-hydrogen) atoms. The Morgan fingerprint density at radius 3 is 2.33 bits per heavy atom. The van der Waals surface area contributed by atoms with E-state index in [1.807, 2.05) is 30.0 Å². The molecular weight excluding hydrogens is 461 g/mol. The fourth-order valence-corrected chi connectivity index (χ4v) is 4.25. The summed E-state index contributed by atoms with van der Waals surface area (Å²) in [5, 5.41) is 2.74.